The molecule has 3 aliphatic rings. The van der Waals surface area contributed by atoms with Gasteiger partial charge in [0.25, 0.3) is 0 Å². The number of fused-ring (bicyclic) bond motifs is 1. The number of hydrogen-bond acceptors (Lipinski definition) is 5. The summed E-state index contributed by atoms with van der Waals surface area (Å²) in [5.41, 5.74) is 1.55. The molecule has 5 nitrogen and oxygen atoms in total. The molecule has 1 aromatic rings. The highest BCUT2D eigenvalue weighted by atomic mass is 16.5. The molecule has 0 radical (unpaired) electrons. The first-order chi connectivity index (χ1) is 13.3. The van der Waals surface area contributed by atoms with Gasteiger partial charge in [0.15, 0.2) is 0 Å². The van der Waals surface area contributed by atoms with Crippen LogP contribution in [0.2, 0.25) is 0 Å². The summed E-state index contributed by atoms with van der Waals surface area (Å²) in [6, 6.07) is 6.98. The van der Waals surface area contributed by atoms with Crippen molar-refractivity contribution >= 4 is 0 Å². The van der Waals surface area contributed by atoms with Crippen molar-refractivity contribution in [3.8, 4) is 0 Å². The van der Waals surface area contributed by atoms with E-state index in [0.717, 1.165) is 57.8 Å². The number of hydrogen-bond donors (Lipinski definition) is 0. The third-order valence-corrected chi connectivity index (χ3v) is 7.13. The first-order valence-corrected chi connectivity index (χ1v) is 10.7. The van der Waals surface area contributed by atoms with E-state index in [0.29, 0.717) is 5.41 Å². The summed E-state index contributed by atoms with van der Waals surface area (Å²) in [5, 5.41) is 0. The Morgan fingerprint density at radius 2 is 2.11 bits per heavy atom. The number of pyridine rings is 1. The largest absolute Gasteiger partial charge is 0.384 e. The fourth-order valence-corrected chi connectivity index (χ4v) is 5.66. The third-order valence-electron chi connectivity index (χ3n) is 7.13. The van der Waals surface area contributed by atoms with Gasteiger partial charge in [0.1, 0.15) is 0 Å². The van der Waals surface area contributed by atoms with Crippen molar-refractivity contribution in [2.45, 2.75) is 38.1 Å². The number of piperidine rings is 1. The van der Waals surface area contributed by atoms with E-state index in [-0.39, 0.29) is 0 Å². The second-order valence-corrected chi connectivity index (χ2v) is 8.70. The molecular weight excluding hydrogens is 338 g/mol. The van der Waals surface area contributed by atoms with Gasteiger partial charge in [-0.05, 0) is 50.3 Å². The Hall–Kier alpha value is -1.01. The SMILES string of the molecule is COC[C@@]12CC[C@@H](N3CCOCC3)C[C@H]1CCN(CCc1ccccn1)C2. The molecule has 1 saturated carbocycles. The maximum atomic E-state index is 5.76. The molecule has 1 aliphatic carbocycles. The van der Waals surface area contributed by atoms with Crippen LogP contribution in [-0.2, 0) is 15.9 Å². The summed E-state index contributed by atoms with van der Waals surface area (Å²) in [6.45, 7) is 8.48. The van der Waals surface area contributed by atoms with E-state index >= 15 is 0 Å². The zero-order chi connectivity index (χ0) is 18.5. The number of likely N-dealkylation sites (tertiary alicyclic amines) is 1. The molecule has 0 amide bonds. The van der Waals surface area contributed by atoms with Gasteiger partial charge in [-0.3, -0.25) is 9.88 Å². The molecule has 150 valence electrons. The molecule has 0 spiro atoms. The van der Waals surface area contributed by atoms with Crippen molar-refractivity contribution in [2.75, 3.05) is 59.7 Å². The maximum Gasteiger partial charge on any atom is 0.0594 e. The van der Waals surface area contributed by atoms with Crippen LogP contribution in [0, 0.1) is 11.3 Å². The van der Waals surface area contributed by atoms with Crippen molar-refractivity contribution < 1.29 is 9.47 Å². The Balaban J connectivity index is 1.37. The number of ether oxygens (including phenoxy) is 2. The number of rotatable bonds is 6. The summed E-state index contributed by atoms with van der Waals surface area (Å²) < 4.78 is 11.3. The van der Waals surface area contributed by atoms with Gasteiger partial charge in [0.2, 0.25) is 0 Å². The number of aromatic nitrogens is 1. The third kappa shape index (κ3) is 4.53. The number of methoxy groups -OCH3 is 1. The van der Waals surface area contributed by atoms with Gasteiger partial charge in [-0.1, -0.05) is 6.07 Å². The molecule has 1 aromatic heterocycles. The molecule has 2 saturated heterocycles. The van der Waals surface area contributed by atoms with Crippen molar-refractivity contribution in [2.24, 2.45) is 11.3 Å². The quantitative estimate of drug-likeness (QED) is 0.766. The molecule has 0 bridgehead atoms. The first-order valence-electron chi connectivity index (χ1n) is 10.7. The lowest BCUT2D eigenvalue weighted by molar-refractivity contribution is -0.0853. The molecule has 0 N–H and O–H groups in total. The highest BCUT2D eigenvalue weighted by Crippen LogP contribution is 2.47. The zero-order valence-corrected chi connectivity index (χ0v) is 16.8. The average Bonchev–Trinajstić information content (AvgIpc) is 2.73. The summed E-state index contributed by atoms with van der Waals surface area (Å²) in [6.07, 6.45) is 8.22. The van der Waals surface area contributed by atoms with Gasteiger partial charge in [-0.2, -0.15) is 0 Å². The predicted molar refractivity (Wildman–Crippen MR) is 107 cm³/mol. The van der Waals surface area contributed by atoms with E-state index in [9.17, 15) is 0 Å². The minimum atomic E-state index is 0.347. The van der Waals surface area contributed by atoms with Crippen molar-refractivity contribution in [1.29, 1.82) is 0 Å². The van der Waals surface area contributed by atoms with Crippen molar-refractivity contribution in [3.63, 3.8) is 0 Å². The van der Waals surface area contributed by atoms with Gasteiger partial charge in [0.05, 0.1) is 19.8 Å². The van der Waals surface area contributed by atoms with E-state index in [1.807, 2.05) is 19.4 Å². The van der Waals surface area contributed by atoms with Crippen LogP contribution in [0.3, 0.4) is 0 Å². The summed E-state index contributed by atoms with van der Waals surface area (Å²) in [5.74, 6) is 0.796. The molecule has 4 rings (SSSR count). The average molecular weight is 374 g/mol. The Labute approximate surface area is 164 Å². The minimum absolute atomic E-state index is 0.347. The van der Waals surface area contributed by atoms with Crippen LogP contribution in [-0.4, -0.2) is 80.5 Å². The second kappa shape index (κ2) is 8.99. The van der Waals surface area contributed by atoms with Gasteiger partial charge >= 0.3 is 0 Å². The molecule has 2 aliphatic heterocycles. The lowest BCUT2D eigenvalue weighted by Gasteiger charge is -2.54. The minimum Gasteiger partial charge on any atom is -0.384 e. The van der Waals surface area contributed by atoms with E-state index in [2.05, 4.69) is 26.9 Å². The Morgan fingerprint density at radius 1 is 1.22 bits per heavy atom. The Morgan fingerprint density at radius 3 is 2.89 bits per heavy atom. The van der Waals surface area contributed by atoms with Crippen molar-refractivity contribution in [3.05, 3.63) is 30.1 Å². The van der Waals surface area contributed by atoms with Crippen LogP contribution in [0.4, 0.5) is 0 Å². The molecule has 0 unspecified atom stereocenters. The van der Waals surface area contributed by atoms with Gasteiger partial charge in [0, 0.05) is 63.1 Å². The Bertz CT molecular complexity index is 578. The molecule has 3 heterocycles. The van der Waals surface area contributed by atoms with E-state index in [1.165, 1.54) is 44.5 Å². The molecular formula is C22H35N3O2. The Kier molecular flexibility index (Phi) is 6.43. The van der Waals surface area contributed by atoms with E-state index < -0.39 is 0 Å². The molecule has 5 heteroatoms. The summed E-state index contributed by atoms with van der Waals surface area (Å²) >= 11 is 0. The fraction of sp³-hybridized carbons (Fsp3) is 0.773. The molecule has 3 atom stereocenters. The predicted octanol–water partition coefficient (Wildman–Crippen LogP) is 2.46. The van der Waals surface area contributed by atoms with Crippen LogP contribution in [0.1, 0.15) is 31.4 Å². The normalized spacial score (nSPS) is 32.9. The van der Waals surface area contributed by atoms with Crippen LogP contribution in [0.25, 0.3) is 0 Å². The standard InChI is InChI=1S/C22H35N3O2/c1-26-18-22-8-5-21(25-12-14-27-15-13-25)16-19(22)6-10-24(17-22)11-7-20-4-2-3-9-23-20/h2-4,9,19,21H,5-8,10-18H2,1H3/t19-,21-,22+/m1/s1. The molecule has 3 fully saturated rings. The maximum absolute atomic E-state index is 5.76. The number of morpholine rings is 1. The lowest BCUT2D eigenvalue weighted by Crippen LogP contribution is -2.57. The number of nitrogens with zero attached hydrogens (tertiary/aromatic N) is 3. The van der Waals surface area contributed by atoms with Gasteiger partial charge in [-0.15, -0.1) is 0 Å². The first kappa shape index (κ1) is 19.3. The summed E-state index contributed by atoms with van der Waals surface area (Å²) in [4.78, 5) is 9.85. The zero-order valence-electron chi connectivity index (χ0n) is 16.8. The van der Waals surface area contributed by atoms with Crippen LogP contribution in [0.5, 0.6) is 0 Å². The van der Waals surface area contributed by atoms with Crippen LogP contribution >= 0.6 is 0 Å². The second-order valence-electron chi connectivity index (χ2n) is 8.70. The summed E-state index contributed by atoms with van der Waals surface area (Å²) in [7, 11) is 1.88. The van der Waals surface area contributed by atoms with Crippen LogP contribution < -0.4 is 0 Å². The molecule has 27 heavy (non-hydrogen) atoms. The topological polar surface area (TPSA) is 37.8 Å². The molecule has 0 aromatic carbocycles. The van der Waals surface area contributed by atoms with Crippen LogP contribution in [0.15, 0.2) is 24.4 Å². The lowest BCUT2D eigenvalue weighted by atomic mass is 9.62. The highest BCUT2D eigenvalue weighted by Gasteiger charge is 2.47. The monoisotopic (exact) mass is 373 g/mol. The van der Waals surface area contributed by atoms with Gasteiger partial charge < -0.3 is 14.4 Å². The van der Waals surface area contributed by atoms with Crippen molar-refractivity contribution in [1.82, 2.24) is 14.8 Å². The van der Waals surface area contributed by atoms with E-state index in [1.54, 1.807) is 0 Å². The fourth-order valence-electron chi connectivity index (χ4n) is 5.66. The smallest absolute Gasteiger partial charge is 0.0594 e. The van der Waals surface area contributed by atoms with Gasteiger partial charge in [-0.25, -0.2) is 0 Å². The highest BCUT2D eigenvalue weighted by molar-refractivity contribution is 5.05. The van der Waals surface area contributed by atoms with E-state index in [4.69, 9.17) is 9.47 Å².